The lowest BCUT2D eigenvalue weighted by atomic mass is 10.0. The van der Waals surface area contributed by atoms with Gasteiger partial charge in [0.05, 0.1) is 17.6 Å². The van der Waals surface area contributed by atoms with Gasteiger partial charge in [0, 0.05) is 19.2 Å². The first kappa shape index (κ1) is 15.8. The highest BCUT2D eigenvalue weighted by Gasteiger charge is 2.17. The van der Waals surface area contributed by atoms with E-state index < -0.39 is 0 Å². The van der Waals surface area contributed by atoms with Gasteiger partial charge in [-0.05, 0) is 26.0 Å². The molecule has 0 aliphatic carbocycles. The molecule has 1 aromatic rings. The quantitative estimate of drug-likeness (QED) is 0.848. The first-order valence-corrected chi connectivity index (χ1v) is 6.35. The summed E-state index contributed by atoms with van der Waals surface area (Å²) < 4.78 is 0. The fourth-order valence-electron chi connectivity index (χ4n) is 1.82. The normalized spacial score (nSPS) is 10.9. The maximum atomic E-state index is 12.4. The van der Waals surface area contributed by atoms with E-state index in [4.69, 9.17) is 10.4 Å². The SMILES string of the molecule is Cc1ccc(C#CCO)c(C(=O)N(C)CC(C)C#N)c1. The molecule has 4 nitrogen and oxygen atoms in total. The molecule has 4 heteroatoms. The highest BCUT2D eigenvalue weighted by Crippen LogP contribution is 2.14. The molecule has 0 fully saturated rings. The van der Waals surface area contributed by atoms with Gasteiger partial charge < -0.3 is 10.0 Å². The van der Waals surface area contributed by atoms with Gasteiger partial charge in [-0.25, -0.2) is 0 Å². The van der Waals surface area contributed by atoms with Gasteiger partial charge in [-0.2, -0.15) is 5.26 Å². The Morgan fingerprint density at radius 2 is 2.20 bits per heavy atom. The number of aliphatic hydroxyl groups is 1. The molecule has 1 atom stereocenters. The van der Waals surface area contributed by atoms with Crippen LogP contribution < -0.4 is 0 Å². The molecule has 0 heterocycles. The highest BCUT2D eigenvalue weighted by atomic mass is 16.2. The number of hydrogen-bond acceptors (Lipinski definition) is 3. The fraction of sp³-hybridized carbons (Fsp3) is 0.375. The third kappa shape index (κ3) is 4.12. The number of nitrogens with zero attached hydrogens (tertiary/aromatic N) is 2. The summed E-state index contributed by atoms with van der Waals surface area (Å²) in [6.07, 6.45) is 0. The number of nitriles is 1. The molecule has 1 aromatic carbocycles. The number of amides is 1. The van der Waals surface area contributed by atoms with E-state index in [-0.39, 0.29) is 18.4 Å². The fourth-order valence-corrected chi connectivity index (χ4v) is 1.82. The third-order valence-electron chi connectivity index (χ3n) is 2.82. The summed E-state index contributed by atoms with van der Waals surface area (Å²) in [5.41, 5.74) is 2.05. The van der Waals surface area contributed by atoms with E-state index in [2.05, 4.69) is 17.9 Å². The smallest absolute Gasteiger partial charge is 0.254 e. The summed E-state index contributed by atoms with van der Waals surface area (Å²) in [5.74, 6) is 4.94. The molecule has 1 rings (SSSR count). The maximum absolute atomic E-state index is 12.4. The molecule has 0 aromatic heterocycles. The molecule has 0 aliphatic rings. The molecule has 20 heavy (non-hydrogen) atoms. The van der Waals surface area contributed by atoms with Gasteiger partial charge >= 0.3 is 0 Å². The molecule has 0 saturated heterocycles. The van der Waals surface area contributed by atoms with E-state index in [9.17, 15) is 4.79 Å². The molecule has 0 spiro atoms. The minimum atomic E-state index is -0.247. The van der Waals surface area contributed by atoms with Gasteiger partial charge in [0.2, 0.25) is 0 Å². The van der Waals surface area contributed by atoms with Crippen molar-refractivity contribution >= 4 is 5.91 Å². The lowest BCUT2D eigenvalue weighted by molar-refractivity contribution is 0.0784. The predicted molar refractivity (Wildman–Crippen MR) is 76.9 cm³/mol. The largest absolute Gasteiger partial charge is 0.384 e. The van der Waals surface area contributed by atoms with Gasteiger partial charge in [0.15, 0.2) is 0 Å². The van der Waals surface area contributed by atoms with Gasteiger partial charge in [0.25, 0.3) is 5.91 Å². The summed E-state index contributed by atoms with van der Waals surface area (Å²) in [4.78, 5) is 13.9. The van der Waals surface area contributed by atoms with Crippen molar-refractivity contribution < 1.29 is 9.90 Å². The van der Waals surface area contributed by atoms with Crippen molar-refractivity contribution in [2.75, 3.05) is 20.2 Å². The van der Waals surface area contributed by atoms with Crippen molar-refractivity contribution in [2.24, 2.45) is 5.92 Å². The number of benzene rings is 1. The van der Waals surface area contributed by atoms with Crippen molar-refractivity contribution in [1.29, 1.82) is 5.26 Å². The van der Waals surface area contributed by atoms with Crippen molar-refractivity contribution in [3.8, 4) is 17.9 Å². The molecule has 0 saturated carbocycles. The van der Waals surface area contributed by atoms with Crippen LogP contribution in [0.4, 0.5) is 0 Å². The molecular weight excluding hydrogens is 252 g/mol. The number of rotatable bonds is 3. The van der Waals surface area contributed by atoms with Gasteiger partial charge in [-0.15, -0.1) is 0 Å². The lowest BCUT2D eigenvalue weighted by Crippen LogP contribution is -2.31. The Hall–Kier alpha value is -2.30. The number of carbonyl (C=O) groups excluding carboxylic acids is 1. The Balaban J connectivity index is 3.08. The van der Waals surface area contributed by atoms with Gasteiger partial charge in [-0.1, -0.05) is 23.5 Å². The molecular formula is C16H18N2O2. The van der Waals surface area contributed by atoms with E-state index in [1.54, 1.807) is 26.1 Å². The molecule has 1 N–H and O–H groups in total. The van der Waals surface area contributed by atoms with Crippen LogP contribution in [0.5, 0.6) is 0 Å². The summed E-state index contributed by atoms with van der Waals surface area (Å²) >= 11 is 0. The first-order chi connectivity index (χ1) is 9.49. The summed E-state index contributed by atoms with van der Waals surface area (Å²) in [6, 6.07) is 7.52. The number of aryl methyl sites for hydroxylation is 1. The zero-order valence-electron chi connectivity index (χ0n) is 12.0. The van der Waals surface area contributed by atoms with E-state index in [1.807, 2.05) is 13.0 Å². The van der Waals surface area contributed by atoms with Gasteiger partial charge in [0.1, 0.15) is 6.61 Å². The average molecular weight is 270 g/mol. The minimum Gasteiger partial charge on any atom is -0.384 e. The second-order valence-electron chi connectivity index (χ2n) is 4.72. The van der Waals surface area contributed by atoms with E-state index in [1.165, 1.54) is 4.90 Å². The van der Waals surface area contributed by atoms with Crippen molar-refractivity contribution in [1.82, 2.24) is 4.90 Å². The van der Waals surface area contributed by atoms with Crippen LogP contribution in [0.2, 0.25) is 0 Å². The predicted octanol–water partition coefficient (Wildman–Crippen LogP) is 1.57. The standard InChI is InChI=1S/C16H18N2O2/c1-12-6-7-14(5-4-8-19)15(9-12)16(20)18(3)11-13(2)10-17/h6-7,9,13,19H,8,11H2,1-3H3. The van der Waals surface area contributed by atoms with Crippen LogP contribution in [-0.2, 0) is 0 Å². The summed E-state index contributed by atoms with van der Waals surface area (Å²) in [6.45, 7) is 3.80. The highest BCUT2D eigenvalue weighted by molar-refractivity contribution is 5.96. The number of hydrogen-bond donors (Lipinski definition) is 1. The zero-order valence-corrected chi connectivity index (χ0v) is 12.0. The van der Waals surface area contributed by atoms with Crippen molar-refractivity contribution in [2.45, 2.75) is 13.8 Å². The Bertz CT molecular complexity index is 591. The third-order valence-corrected chi connectivity index (χ3v) is 2.82. The zero-order chi connectivity index (χ0) is 15.1. The molecule has 0 aliphatic heterocycles. The van der Waals surface area contributed by atoms with Crippen LogP contribution in [0.1, 0.15) is 28.4 Å². The Kier molecular flexibility index (Phi) is 5.77. The lowest BCUT2D eigenvalue weighted by Gasteiger charge is -2.19. The molecule has 104 valence electrons. The second-order valence-corrected chi connectivity index (χ2v) is 4.72. The maximum Gasteiger partial charge on any atom is 0.254 e. The summed E-state index contributed by atoms with van der Waals surface area (Å²) in [5, 5.41) is 17.6. The molecule has 0 radical (unpaired) electrons. The Morgan fingerprint density at radius 3 is 2.80 bits per heavy atom. The Morgan fingerprint density at radius 1 is 1.50 bits per heavy atom. The van der Waals surface area contributed by atoms with Crippen LogP contribution in [0.25, 0.3) is 0 Å². The second kappa shape index (κ2) is 7.33. The topological polar surface area (TPSA) is 64.3 Å². The van der Waals surface area contributed by atoms with Crippen LogP contribution in [0, 0.1) is 36.0 Å². The van der Waals surface area contributed by atoms with Crippen LogP contribution >= 0.6 is 0 Å². The number of carbonyl (C=O) groups is 1. The molecule has 1 unspecified atom stereocenters. The van der Waals surface area contributed by atoms with E-state index in [0.29, 0.717) is 17.7 Å². The Labute approximate surface area is 119 Å². The molecule has 1 amide bonds. The monoisotopic (exact) mass is 270 g/mol. The minimum absolute atomic E-state index is 0.168. The average Bonchev–Trinajstić information content (AvgIpc) is 2.44. The molecule has 0 bridgehead atoms. The van der Waals surface area contributed by atoms with Crippen molar-refractivity contribution in [3.05, 3.63) is 34.9 Å². The van der Waals surface area contributed by atoms with Crippen molar-refractivity contribution in [3.63, 3.8) is 0 Å². The summed E-state index contributed by atoms with van der Waals surface area (Å²) in [7, 11) is 1.67. The first-order valence-electron chi connectivity index (χ1n) is 6.35. The van der Waals surface area contributed by atoms with E-state index >= 15 is 0 Å². The van der Waals surface area contributed by atoms with Gasteiger partial charge in [-0.3, -0.25) is 4.79 Å². The van der Waals surface area contributed by atoms with Crippen LogP contribution in [0.3, 0.4) is 0 Å². The van der Waals surface area contributed by atoms with Crippen LogP contribution in [0.15, 0.2) is 18.2 Å². The van der Waals surface area contributed by atoms with Crippen LogP contribution in [-0.4, -0.2) is 36.1 Å². The number of aliphatic hydroxyl groups excluding tert-OH is 1. The van der Waals surface area contributed by atoms with E-state index in [0.717, 1.165) is 5.56 Å².